The van der Waals surface area contributed by atoms with Gasteiger partial charge in [0.1, 0.15) is 6.10 Å². The largest absolute Gasteiger partial charge is 0.394 e. The maximum absolute atomic E-state index is 8.92. The fraction of sp³-hybridized carbons (Fsp3) is 1.00. The van der Waals surface area contributed by atoms with Gasteiger partial charge < -0.3 is 14.6 Å². The molecule has 3 heteroatoms. The van der Waals surface area contributed by atoms with Crippen molar-refractivity contribution in [1.82, 2.24) is 0 Å². The number of hydrogen-bond donors (Lipinski definition) is 1. The normalized spacial score (nSPS) is 12.7. The van der Waals surface area contributed by atoms with E-state index >= 15 is 0 Å². The average Bonchev–Trinajstić information content (AvgIpc) is 2.51. The van der Waals surface area contributed by atoms with Crippen molar-refractivity contribution >= 4 is 0 Å². The second kappa shape index (κ2) is 17.9. The molecule has 0 aliphatic heterocycles. The molecule has 1 N–H and O–H groups in total. The lowest BCUT2D eigenvalue weighted by Gasteiger charge is -2.12. The van der Waals surface area contributed by atoms with Gasteiger partial charge in [0.05, 0.1) is 13.2 Å². The lowest BCUT2D eigenvalue weighted by atomic mass is 10.1. The van der Waals surface area contributed by atoms with Crippen LogP contribution in [-0.4, -0.2) is 38.1 Å². The van der Waals surface area contributed by atoms with Gasteiger partial charge in [-0.2, -0.15) is 0 Å². The van der Waals surface area contributed by atoms with Crippen LogP contribution >= 0.6 is 0 Å². The van der Waals surface area contributed by atoms with E-state index in [2.05, 4.69) is 6.92 Å². The van der Waals surface area contributed by atoms with Crippen LogP contribution in [0.2, 0.25) is 0 Å². The summed E-state index contributed by atoms with van der Waals surface area (Å²) in [6.45, 7) is 3.60. The second-order valence-electron chi connectivity index (χ2n) is 6.00. The molecule has 1 atom stereocenters. The highest BCUT2D eigenvalue weighted by Crippen LogP contribution is 2.11. The summed E-state index contributed by atoms with van der Waals surface area (Å²) in [6.07, 6.45) is 16.2. The minimum atomic E-state index is -0.165. The van der Waals surface area contributed by atoms with E-state index in [9.17, 15) is 0 Å². The Kier molecular flexibility index (Phi) is 17.8. The molecular formula is C18H38O3. The molecule has 0 unspecified atom stereocenters. The standard InChI is InChI=1S/C18H38O3/c1-3-4-5-6-7-8-9-10-11-12-13-14-15-21-17-18(16-19)20-2/h18-19H,3-17H2,1-2H3/t18-/m0/s1. The number of hydrogen-bond acceptors (Lipinski definition) is 3. The number of ether oxygens (including phenoxy) is 2. The van der Waals surface area contributed by atoms with Gasteiger partial charge in [0, 0.05) is 13.7 Å². The summed E-state index contributed by atoms with van der Waals surface area (Å²) in [4.78, 5) is 0. The maximum Gasteiger partial charge on any atom is 0.103 e. The van der Waals surface area contributed by atoms with Crippen LogP contribution in [0.15, 0.2) is 0 Å². The van der Waals surface area contributed by atoms with Crippen molar-refractivity contribution in [3.05, 3.63) is 0 Å². The summed E-state index contributed by atoms with van der Waals surface area (Å²) < 4.78 is 10.5. The van der Waals surface area contributed by atoms with E-state index in [0.29, 0.717) is 6.61 Å². The van der Waals surface area contributed by atoms with Crippen LogP contribution in [-0.2, 0) is 9.47 Å². The second-order valence-corrected chi connectivity index (χ2v) is 6.00. The van der Waals surface area contributed by atoms with Crippen LogP contribution in [0, 0.1) is 0 Å². The Morgan fingerprint density at radius 1 is 0.762 bits per heavy atom. The molecule has 0 spiro atoms. The van der Waals surface area contributed by atoms with Gasteiger partial charge in [-0.05, 0) is 6.42 Å². The van der Waals surface area contributed by atoms with E-state index < -0.39 is 0 Å². The third kappa shape index (κ3) is 16.1. The first-order valence-electron chi connectivity index (χ1n) is 9.06. The highest BCUT2D eigenvalue weighted by molar-refractivity contribution is 4.52. The van der Waals surface area contributed by atoms with Crippen LogP contribution in [0.3, 0.4) is 0 Å². The van der Waals surface area contributed by atoms with E-state index in [0.717, 1.165) is 13.0 Å². The van der Waals surface area contributed by atoms with Crippen molar-refractivity contribution in [3.63, 3.8) is 0 Å². The molecule has 0 rings (SSSR count). The van der Waals surface area contributed by atoms with E-state index in [4.69, 9.17) is 14.6 Å². The van der Waals surface area contributed by atoms with Gasteiger partial charge in [0.2, 0.25) is 0 Å². The van der Waals surface area contributed by atoms with Crippen LogP contribution in [0.5, 0.6) is 0 Å². The van der Waals surface area contributed by atoms with Crippen molar-refractivity contribution in [3.8, 4) is 0 Å². The summed E-state index contributed by atoms with van der Waals surface area (Å²) in [7, 11) is 1.61. The van der Waals surface area contributed by atoms with Crippen LogP contribution in [0.25, 0.3) is 0 Å². The quantitative estimate of drug-likeness (QED) is 0.395. The summed E-state index contributed by atoms with van der Waals surface area (Å²) in [5, 5.41) is 8.92. The summed E-state index contributed by atoms with van der Waals surface area (Å²) in [5.41, 5.74) is 0. The van der Waals surface area contributed by atoms with E-state index in [1.807, 2.05) is 0 Å². The van der Waals surface area contributed by atoms with Crippen molar-refractivity contribution in [1.29, 1.82) is 0 Å². The lowest BCUT2D eigenvalue weighted by Crippen LogP contribution is -2.22. The Bertz CT molecular complexity index is 181. The van der Waals surface area contributed by atoms with E-state index in [1.165, 1.54) is 70.6 Å². The number of aliphatic hydroxyl groups is 1. The fourth-order valence-corrected chi connectivity index (χ4v) is 2.46. The highest BCUT2D eigenvalue weighted by atomic mass is 16.5. The van der Waals surface area contributed by atoms with Crippen molar-refractivity contribution in [2.24, 2.45) is 0 Å². The molecule has 0 fully saturated rings. The van der Waals surface area contributed by atoms with Gasteiger partial charge in [-0.15, -0.1) is 0 Å². The zero-order valence-electron chi connectivity index (χ0n) is 14.4. The Balaban J connectivity index is 3.02. The van der Waals surface area contributed by atoms with Gasteiger partial charge in [0.25, 0.3) is 0 Å². The Morgan fingerprint density at radius 2 is 1.24 bits per heavy atom. The molecule has 0 radical (unpaired) electrons. The summed E-state index contributed by atoms with van der Waals surface area (Å²) in [5.74, 6) is 0. The van der Waals surface area contributed by atoms with Crippen molar-refractivity contribution < 1.29 is 14.6 Å². The van der Waals surface area contributed by atoms with Crippen LogP contribution in [0.4, 0.5) is 0 Å². The SMILES string of the molecule is CCCCCCCCCCCCCCOC[C@H](CO)OC. The molecule has 128 valence electrons. The first kappa shape index (κ1) is 20.9. The molecule has 0 aliphatic rings. The molecule has 0 saturated carbocycles. The third-order valence-electron chi connectivity index (χ3n) is 3.98. The van der Waals surface area contributed by atoms with Gasteiger partial charge in [-0.25, -0.2) is 0 Å². The fourth-order valence-electron chi connectivity index (χ4n) is 2.46. The molecule has 0 heterocycles. The first-order valence-corrected chi connectivity index (χ1v) is 9.06. The predicted molar refractivity (Wildman–Crippen MR) is 89.8 cm³/mol. The number of rotatable bonds is 17. The van der Waals surface area contributed by atoms with Gasteiger partial charge in [-0.3, -0.25) is 0 Å². The molecule has 0 amide bonds. The predicted octanol–water partition coefficient (Wildman–Crippen LogP) is 4.71. The average molecular weight is 302 g/mol. The van der Waals surface area contributed by atoms with Gasteiger partial charge in [0.15, 0.2) is 0 Å². The third-order valence-corrected chi connectivity index (χ3v) is 3.98. The molecule has 3 nitrogen and oxygen atoms in total. The molecule has 0 aromatic heterocycles. The first-order chi connectivity index (χ1) is 10.3. The lowest BCUT2D eigenvalue weighted by molar-refractivity contribution is -0.0205. The number of aliphatic hydroxyl groups excluding tert-OH is 1. The summed E-state index contributed by atoms with van der Waals surface area (Å²) >= 11 is 0. The van der Waals surface area contributed by atoms with Gasteiger partial charge >= 0.3 is 0 Å². The molecule has 0 saturated heterocycles. The van der Waals surface area contributed by atoms with Crippen molar-refractivity contribution in [2.45, 2.75) is 90.1 Å². The minimum absolute atomic E-state index is 0.0367. The molecule has 0 bridgehead atoms. The smallest absolute Gasteiger partial charge is 0.103 e. The Morgan fingerprint density at radius 3 is 1.67 bits per heavy atom. The zero-order valence-corrected chi connectivity index (χ0v) is 14.4. The molecule has 0 aliphatic carbocycles. The van der Waals surface area contributed by atoms with Crippen molar-refractivity contribution in [2.75, 3.05) is 26.9 Å². The Hall–Kier alpha value is -0.120. The maximum atomic E-state index is 8.92. The molecule has 0 aromatic rings. The monoisotopic (exact) mass is 302 g/mol. The van der Waals surface area contributed by atoms with E-state index in [-0.39, 0.29) is 12.7 Å². The van der Waals surface area contributed by atoms with Crippen LogP contribution in [0.1, 0.15) is 84.0 Å². The molecule has 21 heavy (non-hydrogen) atoms. The molecule has 0 aromatic carbocycles. The number of unbranched alkanes of at least 4 members (excludes halogenated alkanes) is 11. The number of methoxy groups -OCH3 is 1. The molecular weight excluding hydrogens is 264 g/mol. The Labute approximate surface area is 132 Å². The summed E-state index contributed by atoms with van der Waals surface area (Å²) in [6, 6.07) is 0. The van der Waals surface area contributed by atoms with E-state index in [1.54, 1.807) is 7.11 Å². The van der Waals surface area contributed by atoms with Gasteiger partial charge in [-0.1, -0.05) is 77.6 Å². The zero-order chi connectivity index (χ0) is 15.6. The minimum Gasteiger partial charge on any atom is -0.394 e. The topological polar surface area (TPSA) is 38.7 Å². The van der Waals surface area contributed by atoms with Crippen LogP contribution < -0.4 is 0 Å². The highest BCUT2D eigenvalue weighted by Gasteiger charge is 2.04.